The Morgan fingerprint density at radius 3 is 2.18 bits per heavy atom. The number of carbonyl (C=O) groups excluding carboxylic acids is 1. The third kappa shape index (κ3) is 10.2. The van der Waals surface area contributed by atoms with Crippen LogP contribution in [0.2, 0.25) is 0 Å². The van der Waals surface area contributed by atoms with Crippen LogP contribution in [0.25, 0.3) is 0 Å². The lowest BCUT2D eigenvalue weighted by molar-refractivity contribution is -0.124. The van der Waals surface area contributed by atoms with Crippen LogP contribution in [0.4, 0.5) is 0 Å². The summed E-state index contributed by atoms with van der Waals surface area (Å²) in [6.45, 7) is 8.13. The van der Waals surface area contributed by atoms with Gasteiger partial charge < -0.3 is 10.6 Å². The van der Waals surface area contributed by atoms with Gasteiger partial charge in [-0.3, -0.25) is 4.79 Å². The molecule has 6 nitrogen and oxygen atoms in total. The van der Waals surface area contributed by atoms with Gasteiger partial charge in [-0.25, -0.2) is 13.1 Å². The maximum Gasteiger partial charge on any atom is 0.237 e. The molecular formula is C10H23N3O3S. The van der Waals surface area contributed by atoms with Crippen LogP contribution in [-0.4, -0.2) is 45.3 Å². The second-order valence-corrected chi connectivity index (χ2v) is 6.91. The van der Waals surface area contributed by atoms with Crippen molar-refractivity contribution in [3.05, 3.63) is 0 Å². The maximum absolute atomic E-state index is 11.6. The van der Waals surface area contributed by atoms with E-state index in [1.807, 2.05) is 20.8 Å². The lowest BCUT2D eigenvalue weighted by Gasteiger charge is -2.23. The van der Waals surface area contributed by atoms with Crippen LogP contribution in [0.15, 0.2) is 0 Å². The summed E-state index contributed by atoms with van der Waals surface area (Å²) < 4.78 is 23.9. The quantitative estimate of drug-likeness (QED) is 0.561. The highest BCUT2D eigenvalue weighted by Crippen LogP contribution is 1.99. The van der Waals surface area contributed by atoms with Crippen LogP contribution in [0.3, 0.4) is 0 Å². The van der Waals surface area contributed by atoms with E-state index in [2.05, 4.69) is 15.4 Å². The number of nitrogens with one attached hydrogen (secondary N) is 3. The van der Waals surface area contributed by atoms with Crippen molar-refractivity contribution in [3.8, 4) is 0 Å². The molecule has 0 aliphatic carbocycles. The maximum atomic E-state index is 11.6. The van der Waals surface area contributed by atoms with Crippen LogP contribution in [0, 0.1) is 0 Å². The van der Waals surface area contributed by atoms with Crippen LogP contribution in [0.1, 0.15) is 27.7 Å². The summed E-state index contributed by atoms with van der Waals surface area (Å²) in [5, 5.41) is 5.77. The molecule has 0 bridgehead atoms. The van der Waals surface area contributed by atoms with Crippen molar-refractivity contribution in [1.29, 1.82) is 0 Å². The number of hydrogen-bond acceptors (Lipinski definition) is 4. The third-order valence-electron chi connectivity index (χ3n) is 1.83. The van der Waals surface area contributed by atoms with Gasteiger partial charge in [0.15, 0.2) is 0 Å². The molecule has 7 heteroatoms. The molecule has 0 fully saturated rings. The predicted octanol–water partition coefficient (Wildman–Crippen LogP) is -0.572. The zero-order chi connectivity index (χ0) is 13.7. The molecule has 0 aliphatic rings. The van der Waals surface area contributed by atoms with Gasteiger partial charge in [0.2, 0.25) is 15.9 Å². The van der Waals surface area contributed by atoms with Gasteiger partial charge in [0.25, 0.3) is 0 Å². The Balaban J connectivity index is 3.87. The summed E-state index contributed by atoms with van der Waals surface area (Å²) in [6, 6.07) is -0.351. The first-order valence-electron chi connectivity index (χ1n) is 5.51. The fourth-order valence-corrected chi connectivity index (χ4v) is 1.57. The molecule has 0 saturated heterocycles. The van der Waals surface area contributed by atoms with E-state index < -0.39 is 10.0 Å². The molecule has 0 radical (unpaired) electrons. The summed E-state index contributed by atoms with van der Waals surface area (Å²) in [4.78, 5) is 11.6. The standard InChI is InChI=1S/C10H23N3O3S/c1-8(9(14)13-10(2,3)4)11-6-7-12-17(5,15)16/h8,11-12H,6-7H2,1-5H3,(H,13,14). The monoisotopic (exact) mass is 265 g/mol. The molecule has 0 aliphatic heterocycles. The fraction of sp³-hybridized carbons (Fsp3) is 0.900. The molecular weight excluding hydrogens is 242 g/mol. The Labute approximate surface area is 104 Å². The zero-order valence-electron chi connectivity index (χ0n) is 11.1. The number of amides is 1. The van der Waals surface area contributed by atoms with E-state index in [0.29, 0.717) is 6.54 Å². The molecule has 3 N–H and O–H groups in total. The molecule has 1 atom stereocenters. The van der Waals surface area contributed by atoms with Crippen molar-refractivity contribution in [1.82, 2.24) is 15.4 Å². The molecule has 0 saturated carbocycles. The minimum Gasteiger partial charge on any atom is -0.350 e. The zero-order valence-corrected chi connectivity index (χ0v) is 11.9. The largest absolute Gasteiger partial charge is 0.350 e. The minimum absolute atomic E-state index is 0.100. The van der Waals surface area contributed by atoms with Crippen molar-refractivity contribution >= 4 is 15.9 Å². The van der Waals surface area contributed by atoms with Gasteiger partial charge in [-0.2, -0.15) is 0 Å². The minimum atomic E-state index is -3.16. The van der Waals surface area contributed by atoms with Gasteiger partial charge in [0.1, 0.15) is 0 Å². The van der Waals surface area contributed by atoms with E-state index in [-0.39, 0.29) is 24.0 Å². The van der Waals surface area contributed by atoms with Gasteiger partial charge in [0, 0.05) is 18.6 Å². The molecule has 102 valence electrons. The first-order chi connectivity index (χ1) is 7.51. The molecule has 17 heavy (non-hydrogen) atoms. The van der Waals surface area contributed by atoms with Gasteiger partial charge in [-0.15, -0.1) is 0 Å². The lowest BCUT2D eigenvalue weighted by Crippen LogP contribution is -2.50. The van der Waals surface area contributed by atoms with Crippen LogP contribution in [0.5, 0.6) is 0 Å². The van der Waals surface area contributed by atoms with E-state index in [0.717, 1.165) is 6.26 Å². The SMILES string of the molecule is CC(NCCNS(C)(=O)=O)C(=O)NC(C)(C)C. The van der Waals surface area contributed by atoms with E-state index in [9.17, 15) is 13.2 Å². The Kier molecular flexibility index (Phi) is 6.08. The van der Waals surface area contributed by atoms with Crippen molar-refractivity contribution in [2.75, 3.05) is 19.3 Å². The Morgan fingerprint density at radius 1 is 1.24 bits per heavy atom. The van der Waals surface area contributed by atoms with Gasteiger partial charge in [-0.1, -0.05) is 0 Å². The number of carbonyl (C=O) groups is 1. The van der Waals surface area contributed by atoms with Crippen molar-refractivity contribution in [3.63, 3.8) is 0 Å². The van der Waals surface area contributed by atoms with Crippen molar-refractivity contribution in [2.24, 2.45) is 0 Å². The first-order valence-corrected chi connectivity index (χ1v) is 7.40. The highest BCUT2D eigenvalue weighted by atomic mass is 32.2. The van der Waals surface area contributed by atoms with E-state index in [1.54, 1.807) is 6.92 Å². The molecule has 0 aromatic carbocycles. The molecule has 0 rings (SSSR count). The van der Waals surface area contributed by atoms with Crippen LogP contribution >= 0.6 is 0 Å². The number of rotatable bonds is 6. The molecule has 0 aromatic rings. The summed E-state index contributed by atoms with van der Waals surface area (Å²) in [5.74, 6) is -0.100. The highest BCUT2D eigenvalue weighted by molar-refractivity contribution is 7.88. The Bertz CT molecular complexity index is 346. The van der Waals surface area contributed by atoms with Gasteiger partial charge in [-0.05, 0) is 27.7 Å². The predicted molar refractivity (Wildman–Crippen MR) is 68.2 cm³/mol. The topological polar surface area (TPSA) is 87.3 Å². The smallest absolute Gasteiger partial charge is 0.237 e. The van der Waals surface area contributed by atoms with E-state index in [4.69, 9.17) is 0 Å². The lowest BCUT2D eigenvalue weighted by atomic mass is 10.1. The molecule has 0 aromatic heterocycles. The van der Waals surface area contributed by atoms with Gasteiger partial charge in [0.05, 0.1) is 12.3 Å². The molecule has 0 heterocycles. The second kappa shape index (κ2) is 6.32. The molecule has 0 spiro atoms. The summed E-state index contributed by atoms with van der Waals surface area (Å²) in [6.07, 6.45) is 1.10. The van der Waals surface area contributed by atoms with Crippen molar-refractivity contribution in [2.45, 2.75) is 39.3 Å². The van der Waals surface area contributed by atoms with E-state index >= 15 is 0 Å². The van der Waals surface area contributed by atoms with Crippen LogP contribution in [-0.2, 0) is 14.8 Å². The molecule has 1 unspecified atom stereocenters. The van der Waals surface area contributed by atoms with Crippen molar-refractivity contribution < 1.29 is 13.2 Å². The van der Waals surface area contributed by atoms with Gasteiger partial charge >= 0.3 is 0 Å². The number of hydrogen-bond donors (Lipinski definition) is 3. The average Bonchev–Trinajstić information content (AvgIpc) is 2.07. The number of sulfonamides is 1. The van der Waals surface area contributed by atoms with Crippen LogP contribution < -0.4 is 15.4 Å². The summed E-state index contributed by atoms with van der Waals surface area (Å²) >= 11 is 0. The third-order valence-corrected chi connectivity index (χ3v) is 2.56. The second-order valence-electron chi connectivity index (χ2n) is 5.08. The highest BCUT2D eigenvalue weighted by Gasteiger charge is 2.18. The van der Waals surface area contributed by atoms with E-state index in [1.165, 1.54) is 0 Å². The Hall–Kier alpha value is -0.660. The normalized spacial score (nSPS) is 14.4. The average molecular weight is 265 g/mol. The summed E-state index contributed by atoms with van der Waals surface area (Å²) in [5.41, 5.74) is -0.266. The fourth-order valence-electron chi connectivity index (χ4n) is 1.10. The first kappa shape index (κ1) is 16.3. The Morgan fingerprint density at radius 2 is 1.76 bits per heavy atom. The molecule has 1 amide bonds. The summed E-state index contributed by atoms with van der Waals surface area (Å²) in [7, 11) is -3.16.